The number of methoxy groups -OCH3 is 1. The van der Waals surface area contributed by atoms with Crippen molar-refractivity contribution < 1.29 is 9.47 Å². The molecule has 29 heavy (non-hydrogen) atoms. The van der Waals surface area contributed by atoms with Gasteiger partial charge in [0.15, 0.2) is 0 Å². The van der Waals surface area contributed by atoms with E-state index in [9.17, 15) is 0 Å². The number of hydrogen-bond donors (Lipinski definition) is 1. The minimum absolute atomic E-state index is 0.0554. The van der Waals surface area contributed by atoms with Gasteiger partial charge < -0.3 is 19.7 Å². The van der Waals surface area contributed by atoms with Crippen molar-refractivity contribution in [1.82, 2.24) is 14.9 Å². The minimum atomic E-state index is -0.0759. The summed E-state index contributed by atoms with van der Waals surface area (Å²) in [5.74, 6) is 2.35. The molecule has 0 spiro atoms. The quantitative estimate of drug-likeness (QED) is 0.805. The van der Waals surface area contributed by atoms with Gasteiger partial charge in [-0.3, -0.25) is 5.01 Å². The van der Waals surface area contributed by atoms with Crippen molar-refractivity contribution in [2.75, 3.05) is 51.9 Å². The van der Waals surface area contributed by atoms with Crippen molar-refractivity contribution in [2.45, 2.75) is 32.4 Å². The Morgan fingerprint density at radius 3 is 2.79 bits per heavy atom. The molecule has 1 N–H and O–H groups in total. The smallest absolute Gasteiger partial charge is 0.223 e. The standard InChI is InChI=1S/C20H29N7O2/c1-4-15-17-18(27(25-15)9-10-28-3)19(22-16-6-5-14(2)13-21-16)24-20(23-17)26-7-11-29-12-8-26/h5-6,13,17-18H,4,7-12H2,1-3H3,(H,21,22,23,24). The normalized spacial score (nSPS) is 24.0. The van der Waals surface area contributed by atoms with Gasteiger partial charge in [-0.1, -0.05) is 13.0 Å². The van der Waals surface area contributed by atoms with Crippen LogP contribution < -0.4 is 5.32 Å². The summed E-state index contributed by atoms with van der Waals surface area (Å²) < 4.78 is 10.8. The molecule has 9 nitrogen and oxygen atoms in total. The van der Waals surface area contributed by atoms with Gasteiger partial charge in [0.2, 0.25) is 5.96 Å². The molecule has 0 aliphatic carbocycles. The van der Waals surface area contributed by atoms with E-state index in [-0.39, 0.29) is 12.1 Å². The van der Waals surface area contributed by atoms with Crippen molar-refractivity contribution in [3.63, 3.8) is 0 Å². The molecule has 1 saturated heterocycles. The van der Waals surface area contributed by atoms with Crippen molar-refractivity contribution in [2.24, 2.45) is 15.1 Å². The van der Waals surface area contributed by atoms with Crippen LogP contribution in [0.3, 0.4) is 0 Å². The topological polar surface area (TPSA) is 86.9 Å². The summed E-state index contributed by atoms with van der Waals surface area (Å²) in [6.07, 6.45) is 2.70. The third-order valence-corrected chi connectivity index (χ3v) is 5.32. The predicted octanol–water partition coefficient (Wildman–Crippen LogP) is 1.37. The molecule has 0 aromatic carbocycles. The van der Waals surface area contributed by atoms with Crippen molar-refractivity contribution >= 4 is 23.3 Å². The summed E-state index contributed by atoms with van der Waals surface area (Å²) in [4.78, 5) is 16.6. The number of aryl methyl sites for hydroxylation is 1. The zero-order valence-electron chi connectivity index (χ0n) is 17.3. The minimum Gasteiger partial charge on any atom is -0.383 e. The number of aromatic nitrogens is 1. The molecule has 1 aromatic rings. The molecule has 156 valence electrons. The Hall–Kier alpha value is -2.52. The maximum Gasteiger partial charge on any atom is 0.223 e. The number of hydrogen-bond acceptors (Lipinski definition) is 9. The SMILES string of the molecule is CCC1=NN(CCOC)C2C(Nc3ccc(C)cn3)=NC(N3CCOCC3)=NC12. The molecule has 1 aromatic heterocycles. The average molecular weight is 399 g/mol. The molecule has 2 unspecified atom stereocenters. The second-order valence-corrected chi connectivity index (χ2v) is 7.36. The predicted molar refractivity (Wildman–Crippen MR) is 114 cm³/mol. The second kappa shape index (κ2) is 8.87. The lowest BCUT2D eigenvalue weighted by atomic mass is 10.0. The molecule has 9 heteroatoms. The number of anilines is 1. The maximum absolute atomic E-state index is 5.50. The first-order valence-electron chi connectivity index (χ1n) is 10.2. The number of morpholine rings is 1. The van der Waals surface area contributed by atoms with E-state index in [2.05, 4.69) is 22.1 Å². The molecule has 2 atom stereocenters. The fourth-order valence-electron chi connectivity index (χ4n) is 3.74. The van der Waals surface area contributed by atoms with Gasteiger partial charge in [-0.25, -0.2) is 9.98 Å². The van der Waals surface area contributed by atoms with E-state index in [1.807, 2.05) is 30.3 Å². The highest BCUT2D eigenvalue weighted by atomic mass is 16.5. The summed E-state index contributed by atoms with van der Waals surface area (Å²) in [6, 6.07) is 3.88. The van der Waals surface area contributed by atoms with E-state index in [1.165, 1.54) is 0 Å². The van der Waals surface area contributed by atoms with Crippen LogP contribution in [0, 0.1) is 6.92 Å². The van der Waals surface area contributed by atoms with Gasteiger partial charge in [0, 0.05) is 26.4 Å². The van der Waals surface area contributed by atoms with E-state index in [0.29, 0.717) is 26.4 Å². The first kappa shape index (κ1) is 19.8. The van der Waals surface area contributed by atoms with Crippen LogP contribution in [-0.2, 0) is 9.47 Å². The molecule has 4 heterocycles. The molecule has 0 bridgehead atoms. The number of nitrogens with zero attached hydrogens (tertiary/aromatic N) is 6. The van der Waals surface area contributed by atoms with Gasteiger partial charge in [0.1, 0.15) is 23.7 Å². The van der Waals surface area contributed by atoms with E-state index < -0.39 is 0 Å². The van der Waals surface area contributed by atoms with Crippen LogP contribution >= 0.6 is 0 Å². The molecule has 1 fully saturated rings. The summed E-state index contributed by atoms with van der Waals surface area (Å²) in [5.41, 5.74) is 2.19. The monoisotopic (exact) mass is 399 g/mol. The van der Waals surface area contributed by atoms with E-state index in [1.54, 1.807) is 7.11 Å². The Balaban J connectivity index is 1.66. The number of ether oxygens (including phenoxy) is 2. The Labute approximate surface area is 171 Å². The molecule has 0 amide bonds. The molecule has 0 saturated carbocycles. The lowest BCUT2D eigenvalue weighted by Crippen LogP contribution is -2.52. The summed E-state index contributed by atoms with van der Waals surface area (Å²) >= 11 is 0. The number of guanidine groups is 1. The van der Waals surface area contributed by atoms with Crippen LogP contribution in [0.5, 0.6) is 0 Å². The Kier molecular flexibility index (Phi) is 6.05. The maximum atomic E-state index is 5.50. The Bertz CT molecular complexity index is 800. The third kappa shape index (κ3) is 4.25. The molecule has 3 aliphatic rings. The largest absolute Gasteiger partial charge is 0.383 e. The first-order valence-corrected chi connectivity index (χ1v) is 10.2. The van der Waals surface area contributed by atoms with Crippen LogP contribution in [0.15, 0.2) is 33.4 Å². The van der Waals surface area contributed by atoms with Crippen LogP contribution in [0.4, 0.5) is 5.82 Å². The van der Waals surface area contributed by atoms with Crippen LogP contribution in [0.25, 0.3) is 0 Å². The zero-order valence-corrected chi connectivity index (χ0v) is 17.3. The number of pyridine rings is 1. The van der Waals surface area contributed by atoms with Gasteiger partial charge >= 0.3 is 0 Å². The highest BCUT2D eigenvalue weighted by Crippen LogP contribution is 2.26. The van der Waals surface area contributed by atoms with Crippen LogP contribution in [-0.4, -0.2) is 91.0 Å². The van der Waals surface area contributed by atoms with Crippen LogP contribution in [0.1, 0.15) is 18.9 Å². The first-order chi connectivity index (χ1) is 14.2. The van der Waals surface area contributed by atoms with Gasteiger partial charge in [0.25, 0.3) is 0 Å². The van der Waals surface area contributed by atoms with Gasteiger partial charge in [-0.2, -0.15) is 10.1 Å². The molecule has 4 rings (SSSR count). The second-order valence-electron chi connectivity index (χ2n) is 7.36. The van der Waals surface area contributed by atoms with Crippen molar-refractivity contribution in [3.05, 3.63) is 23.9 Å². The fraction of sp³-hybridized carbons (Fsp3) is 0.600. The highest BCUT2D eigenvalue weighted by Gasteiger charge is 2.43. The summed E-state index contributed by atoms with van der Waals surface area (Å²) in [5, 5.41) is 10.3. The average Bonchev–Trinajstić information content (AvgIpc) is 3.12. The Morgan fingerprint density at radius 2 is 2.10 bits per heavy atom. The number of amidine groups is 1. The molecular formula is C20H29N7O2. The Morgan fingerprint density at radius 1 is 1.28 bits per heavy atom. The molecule has 3 aliphatic heterocycles. The number of hydrazone groups is 1. The third-order valence-electron chi connectivity index (χ3n) is 5.32. The molecule has 0 radical (unpaired) electrons. The number of rotatable bonds is 5. The number of nitrogens with one attached hydrogen (secondary N) is 1. The van der Waals surface area contributed by atoms with Gasteiger partial charge in [-0.15, -0.1) is 0 Å². The van der Waals surface area contributed by atoms with Gasteiger partial charge in [-0.05, 0) is 25.0 Å². The number of fused-ring (bicyclic) bond motifs is 1. The van der Waals surface area contributed by atoms with Crippen molar-refractivity contribution in [3.8, 4) is 0 Å². The van der Waals surface area contributed by atoms with Crippen LogP contribution in [0.2, 0.25) is 0 Å². The lowest BCUT2D eigenvalue weighted by molar-refractivity contribution is 0.0671. The lowest BCUT2D eigenvalue weighted by Gasteiger charge is -2.34. The highest BCUT2D eigenvalue weighted by molar-refractivity contribution is 6.12. The number of aliphatic imine (C=N–C) groups is 2. The van der Waals surface area contributed by atoms with Crippen molar-refractivity contribution in [1.29, 1.82) is 0 Å². The summed E-state index contributed by atoms with van der Waals surface area (Å²) in [6.45, 7) is 8.41. The summed E-state index contributed by atoms with van der Waals surface area (Å²) in [7, 11) is 1.71. The fourth-order valence-corrected chi connectivity index (χ4v) is 3.74. The van der Waals surface area contributed by atoms with E-state index >= 15 is 0 Å². The van der Waals surface area contributed by atoms with E-state index in [0.717, 1.165) is 48.4 Å². The molecular weight excluding hydrogens is 370 g/mol. The van der Waals surface area contributed by atoms with E-state index in [4.69, 9.17) is 24.6 Å². The zero-order chi connectivity index (χ0) is 20.2. The van der Waals surface area contributed by atoms with Gasteiger partial charge in [0.05, 0.1) is 32.1 Å².